The van der Waals surface area contributed by atoms with Crippen LogP contribution in [0.3, 0.4) is 0 Å². The summed E-state index contributed by atoms with van der Waals surface area (Å²) in [5, 5.41) is 0.886. The molecular formula is C25H30Cl2N2O6. The number of hydrogen-bond acceptors (Lipinski definition) is 6. The van der Waals surface area contributed by atoms with Crippen LogP contribution in [0.2, 0.25) is 10.0 Å². The third-order valence-electron chi connectivity index (χ3n) is 5.89. The molecule has 0 bridgehead atoms. The Hall–Kier alpha value is -2.68. The van der Waals surface area contributed by atoms with Gasteiger partial charge in [-0.15, -0.1) is 0 Å². The number of halogens is 2. The fourth-order valence-corrected chi connectivity index (χ4v) is 5.03. The van der Waals surface area contributed by atoms with E-state index in [-0.39, 0.29) is 26.2 Å². The van der Waals surface area contributed by atoms with E-state index in [1.54, 1.807) is 62.3 Å². The number of amides is 2. The monoisotopic (exact) mass is 524 g/mol. The Bertz CT molecular complexity index is 1060. The molecule has 1 heterocycles. The number of fused-ring (bicyclic) bond motifs is 1. The number of anilines is 1. The Morgan fingerprint density at radius 1 is 1.06 bits per heavy atom. The third-order valence-corrected chi connectivity index (χ3v) is 6.32. The van der Waals surface area contributed by atoms with Gasteiger partial charge in [0.15, 0.2) is 5.72 Å². The van der Waals surface area contributed by atoms with Crippen LogP contribution in [-0.2, 0) is 26.5 Å². The molecule has 1 aliphatic heterocycles. The van der Waals surface area contributed by atoms with Crippen LogP contribution in [-0.4, -0.2) is 50.6 Å². The third kappa shape index (κ3) is 5.44. The molecule has 2 aromatic carbocycles. The second-order valence-electron chi connectivity index (χ2n) is 8.06. The molecule has 0 saturated carbocycles. The number of ether oxygens (including phenoxy) is 4. The molecule has 0 radical (unpaired) electrons. The van der Waals surface area contributed by atoms with E-state index in [1.165, 1.54) is 12.0 Å². The maximum atomic E-state index is 13.4. The summed E-state index contributed by atoms with van der Waals surface area (Å²) in [5.74, 6) is 0.543. The first-order valence-corrected chi connectivity index (χ1v) is 12.0. The molecule has 0 aromatic heterocycles. The number of carbonyl (C=O) groups excluding carboxylic acids is 2. The summed E-state index contributed by atoms with van der Waals surface area (Å²) in [6.45, 7) is 5.84. The van der Waals surface area contributed by atoms with Crippen molar-refractivity contribution in [1.82, 2.24) is 4.90 Å². The molecule has 0 N–H and O–H groups in total. The van der Waals surface area contributed by atoms with E-state index in [2.05, 4.69) is 0 Å². The van der Waals surface area contributed by atoms with Crippen molar-refractivity contribution >= 4 is 41.1 Å². The second-order valence-corrected chi connectivity index (χ2v) is 8.93. The van der Waals surface area contributed by atoms with Crippen molar-refractivity contribution < 1.29 is 28.5 Å². The Kier molecular flexibility index (Phi) is 8.74. The van der Waals surface area contributed by atoms with Crippen LogP contribution in [0.1, 0.15) is 38.3 Å². The van der Waals surface area contributed by atoms with E-state index >= 15 is 0 Å². The van der Waals surface area contributed by atoms with Crippen molar-refractivity contribution in [2.24, 2.45) is 0 Å². The van der Waals surface area contributed by atoms with Crippen LogP contribution in [0.15, 0.2) is 36.4 Å². The molecule has 2 atom stereocenters. The van der Waals surface area contributed by atoms with Gasteiger partial charge in [0, 0.05) is 41.2 Å². The normalized spacial score (nSPS) is 19.1. The van der Waals surface area contributed by atoms with E-state index < -0.39 is 24.0 Å². The Morgan fingerprint density at radius 3 is 2.29 bits per heavy atom. The molecule has 10 heteroatoms. The lowest BCUT2D eigenvalue weighted by Gasteiger charge is -2.50. The summed E-state index contributed by atoms with van der Waals surface area (Å²) in [6, 6.07) is 9.96. The smallest absolute Gasteiger partial charge is 0.414 e. The van der Waals surface area contributed by atoms with Crippen molar-refractivity contribution in [3.8, 4) is 5.75 Å². The molecule has 1 aliphatic rings. The van der Waals surface area contributed by atoms with Crippen molar-refractivity contribution in [2.45, 2.75) is 45.5 Å². The predicted octanol–water partition coefficient (Wildman–Crippen LogP) is 6.22. The summed E-state index contributed by atoms with van der Waals surface area (Å²) in [5.41, 5.74) is 0.530. The molecule has 2 amide bonds. The fraction of sp³-hybridized carbons (Fsp3) is 0.440. The number of nitrogens with zero attached hydrogens (tertiary/aromatic N) is 2. The quantitative estimate of drug-likeness (QED) is 0.400. The zero-order valence-corrected chi connectivity index (χ0v) is 22.0. The molecule has 0 spiro atoms. The molecule has 0 aliphatic carbocycles. The number of carbonyl (C=O) groups is 2. The Labute approximate surface area is 215 Å². The first kappa shape index (κ1) is 26.9. The summed E-state index contributed by atoms with van der Waals surface area (Å²) < 4.78 is 22.3. The van der Waals surface area contributed by atoms with Gasteiger partial charge in [-0.25, -0.2) is 9.59 Å². The van der Waals surface area contributed by atoms with E-state index in [0.29, 0.717) is 32.6 Å². The van der Waals surface area contributed by atoms with Gasteiger partial charge < -0.3 is 18.9 Å². The van der Waals surface area contributed by atoms with Crippen LogP contribution in [0.5, 0.6) is 5.75 Å². The van der Waals surface area contributed by atoms with Gasteiger partial charge in [-0.05, 0) is 56.7 Å². The first-order chi connectivity index (χ1) is 16.7. The van der Waals surface area contributed by atoms with E-state index in [9.17, 15) is 9.59 Å². The molecule has 8 nitrogen and oxygen atoms in total. The topological polar surface area (TPSA) is 77.5 Å². The SMILES string of the molecule is CCOC(=O)N1c2cc(OC)ccc2C(OC)(N(Cc2cc(Cl)cc(Cl)c2)C(=O)OCC)CC1C. The highest BCUT2D eigenvalue weighted by atomic mass is 35.5. The van der Waals surface area contributed by atoms with Gasteiger partial charge in [0.1, 0.15) is 5.75 Å². The van der Waals surface area contributed by atoms with Crippen molar-refractivity contribution in [1.29, 1.82) is 0 Å². The van der Waals surface area contributed by atoms with Gasteiger partial charge >= 0.3 is 12.2 Å². The fourth-order valence-electron chi connectivity index (χ4n) is 4.46. The minimum Gasteiger partial charge on any atom is -0.497 e. The van der Waals surface area contributed by atoms with Crippen LogP contribution >= 0.6 is 23.2 Å². The van der Waals surface area contributed by atoms with E-state index in [1.807, 2.05) is 6.92 Å². The van der Waals surface area contributed by atoms with Gasteiger partial charge in [-0.1, -0.05) is 23.2 Å². The predicted molar refractivity (Wildman–Crippen MR) is 134 cm³/mol. The number of hydrogen-bond donors (Lipinski definition) is 0. The molecule has 190 valence electrons. The highest BCUT2D eigenvalue weighted by Gasteiger charge is 2.51. The van der Waals surface area contributed by atoms with Crippen LogP contribution in [0.4, 0.5) is 15.3 Å². The lowest BCUT2D eigenvalue weighted by atomic mass is 9.86. The van der Waals surface area contributed by atoms with Gasteiger partial charge in [0.2, 0.25) is 0 Å². The van der Waals surface area contributed by atoms with Crippen molar-refractivity contribution in [3.05, 3.63) is 57.6 Å². The zero-order chi connectivity index (χ0) is 25.8. The summed E-state index contributed by atoms with van der Waals surface area (Å²) in [7, 11) is 3.07. The van der Waals surface area contributed by atoms with Crippen molar-refractivity contribution in [2.75, 3.05) is 32.3 Å². The van der Waals surface area contributed by atoms with Crippen LogP contribution in [0, 0.1) is 0 Å². The lowest BCUT2D eigenvalue weighted by molar-refractivity contribution is -0.145. The number of rotatable bonds is 7. The highest BCUT2D eigenvalue weighted by Crippen LogP contribution is 2.48. The number of methoxy groups -OCH3 is 2. The molecular weight excluding hydrogens is 495 g/mol. The average molecular weight is 525 g/mol. The minimum atomic E-state index is -1.27. The Morgan fingerprint density at radius 2 is 1.71 bits per heavy atom. The standard InChI is InChI=1S/C25H30Cl2N2O6/c1-6-34-23(30)28(15-17-10-18(26)12-19(27)11-17)25(33-5)14-16(3)29(24(31)35-7-2)22-13-20(32-4)8-9-21(22)25/h8-13,16H,6-7,14-15H2,1-5H3. The Balaban J connectivity index is 2.21. The van der Waals surface area contributed by atoms with Crippen LogP contribution < -0.4 is 9.64 Å². The van der Waals surface area contributed by atoms with Gasteiger partial charge in [0.05, 0.1) is 32.6 Å². The maximum absolute atomic E-state index is 13.4. The lowest BCUT2D eigenvalue weighted by Crippen LogP contribution is -2.58. The highest BCUT2D eigenvalue weighted by molar-refractivity contribution is 6.34. The van der Waals surface area contributed by atoms with Gasteiger partial charge in [0.25, 0.3) is 0 Å². The van der Waals surface area contributed by atoms with Gasteiger partial charge in [-0.2, -0.15) is 0 Å². The molecule has 2 unspecified atom stereocenters. The number of benzene rings is 2. The van der Waals surface area contributed by atoms with Crippen molar-refractivity contribution in [3.63, 3.8) is 0 Å². The second kappa shape index (κ2) is 11.4. The largest absolute Gasteiger partial charge is 0.497 e. The maximum Gasteiger partial charge on any atom is 0.414 e. The molecule has 35 heavy (non-hydrogen) atoms. The summed E-state index contributed by atoms with van der Waals surface area (Å²) in [6.07, 6.45) is -0.818. The summed E-state index contributed by atoms with van der Waals surface area (Å²) >= 11 is 12.5. The average Bonchev–Trinajstić information content (AvgIpc) is 2.81. The van der Waals surface area contributed by atoms with Gasteiger partial charge in [-0.3, -0.25) is 9.80 Å². The van der Waals surface area contributed by atoms with E-state index in [4.69, 9.17) is 42.1 Å². The molecule has 0 saturated heterocycles. The van der Waals surface area contributed by atoms with E-state index in [0.717, 1.165) is 0 Å². The first-order valence-electron chi connectivity index (χ1n) is 11.3. The summed E-state index contributed by atoms with van der Waals surface area (Å²) in [4.78, 5) is 29.4. The zero-order valence-electron chi connectivity index (χ0n) is 20.5. The molecule has 2 aromatic rings. The minimum absolute atomic E-state index is 0.102. The molecule has 0 fully saturated rings. The molecule has 3 rings (SSSR count). The van der Waals surface area contributed by atoms with Crippen LogP contribution in [0.25, 0.3) is 0 Å².